The Morgan fingerprint density at radius 1 is 1.21 bits per heavy atom. The first kappa shape index (κ1) is 9.30. The summed E-state index contributed by atoms with van der Waals surface area (Å²) >= 11 is 0. The summed E-state index contributed by atoms with van der Waals surface area (Å²) in [4.78, 5) is 0. The third kappa shape index (κ3) is 1.97. The van der Waals surface area contributed by atoms with Crippen molar-refractivity contribution in [3.05, 3.63) is 23.8 Å². The van der Waals surface area contributed by atoms with E-state index >= 15 is 0 Å². The number of nitrogens with one attached hydrogen (secondary N) is 1. The van der Waals surface area contributed by atoms with Crippen molar-refractivity contribution < 1.29 is 9.47 Å². The lowest BCUT2D eigenvalue weighted by atomic mass is 10.1. The van der Waals surface area contributed by atoms with Crippen molar-refractivity contribution in [3.8, 4) is 11.5 Å². The van der Waals surface area contributed by atoms with Gasteiger partial charge in [0.1, 0.15) is 13.2 Å². The van der Waals surface area contributed by atoms with Gasteiger partial charge >= 0.3 is 0 Å². The van der Waals surface area contributed by atoms with Gasteiger partial charge in [0.25, 0.3) is 0 Å². The molecule has 2 rings (SSSR count). The molecule has 1 aliphatic heterocycles. The minimum Gasteiger partial charge on any atom is -0.486 e. The molecule has 0 saturated heterocycles. The molecule has 76 valence electrons. The molecule has 1 heterocycles. The van der Waals surface area contributed by atoms with Gasteiger partial charge in [-0.15, -0.1) is 0 Å². The van der Waals surface area contributed by atoms with Crippen molar-refractivity contribution in [1.29, 1.82) is 0 Å². The Morgan fingerprint density at radius 3 is 2.79 bits per heavy atom. The van der Waals surface area contributed by atoms with Crippen LogP contribution in [0.4, 0.5) is 0 Å². The SMILES string of the molecule is NNCCc1ccc2c(c1)OCCO2. The zero-order valence-corrected chi connectivity index (χ0v) is 7.95. The maximum atomic E-state index is 5.47. The molecule has 0 unspecified atom stereocenters. The lowest BCUT2D eigenvalue weighted by molar-refractivity contribution is 0.171. The molecule has 0 radical (unpaired) electrons. The van der Waals surface area contributed by atoms with Crippen LogP contribution in [0.1, 0.15) is 5.56 Å². The van der Waals surface area contributed by atoms with E-state index in [-0.39, 0.29) is 0 Å². The Morgan fingerprint density at radius 2 is 2.00 bits per heavy atom. The average Bonchev–Trinajstić information content (AvgIpc) is 2.26. The Balaban J connectivity index is 2.12. The van der Waals surface area contributed by atoms with Gasteiger partial charge in [-0.2, -0.15) is 0 Å². The fourth-order valence-corrected chi connectivity index (χ4v) is 1.46. The zero-order valence-electron chi connectivity index (χ0n) is 7.95. The lowest BCUT2D eigenvalue weighted by Gasteiger charge is -2.18. The molecular formula is C10H14N2O2. The Labute approximate surface area is 83.0 Å². The average molecular weight is 194 g/mol. The van der Waals surface area contributed by atoms with Crippen molar-refractivity contribution in [2.24, 2.45) is 5.84 Å². The van der Waals surface area contributed by atoms with Crippen LogP contribution in [0.5, 0.6) is 11.5 Å². The van der Waals surface area contributed by atoms with Crippen molar-refractivity contribution in [3.63, 3.8) is 0 Å². The molecule has 0 fully saturated rings. The van der Waals surface area contributed by atoms with Crippen molar-refractivity contribution >= 4 is 0 Å². The molecule has 4 nitrogen and oxygen atoms in total. The third-order valence-corrected chi connectivity index (χ3v) is 2.16. The van der Waals surface area contributed by atoms with E-state index in [9.17, 15) is 0 Å². The van der Waals surface area contributed by atoms with E-state index in [2.05, 4.69) is 5.43 Å². The number of rotatable bonds is 3. The van der Waals surface area contributed by atoms with Crippen molar-refractivity contribution in [1.82, 2.24) is 5.43 Å². The second-order valence-electron chi connectivity index (χ2n) is 3.18. The van der Waals surface area contributed by atoms with Gasteiger partial charge in [-0.1, -0.05) is 6.07 Å². The summed E-state index contributed by atoms with van der Waals surface area (Å²) in [6.07, 6.45) is 0.896. The smallest absolute Gasteiger partial charge is 0.161 e. The largest absolute Gasteiger partial charge is 0.486 e. The molecule has 0 aliphatic carbocycles. The van der Waals surface area contributed by atoms with Crippen LogP contribution in [0.3, 0.4) is 0 Å². The molecule has 3 N–H and O–H groups in total. The molecule has 1 aliphatic rings. The zero-order chi connectivity index (χ0) is 9.80. The highest BCUT2D eigenvalue weighted by Gasteiger charge is 2.10. The number of fused-ring (bicyclic) bond motifs is 1. The highest BCUT2D eigenvalue weighted by Crippen LogP contribution is 2.30. The third-order valence-electron chi connectivity index (χ3n) is 2.16. The van der Waals surface area contributed by atoms with E-state index in [0.717, 1.165) is 24.5 Å². The van der Waals surface area contributed by atoms with Gasteiger partial charge in [-0.25, -0.2) is 0 Å². The molecule has 14 heavy (non-hydrogen) atoms. The molecule has 0 bridgehead atoms. The van der Waals surface area contributed by atoms with Crippen LogP contribution in [-0.4, -0.2) is 19.8 Å². The van der Waals surface area contributed by atoms with E-state index in [1.54, 1.807) is 0 Å². The number of hydrogen-bond acceptors (Lipinski definition) is 4. The molecule has 1 aromatic rings. The maximum Gasteiger partial charge on any atom is 0.161 e. The molecular weight excluding hydrogens is 180 g/mol. The van der Waals surface area contributed by atoms with Crippen LogP contribution in [0.2, 0.25) is 0 Å². The molecule has 1 aromatic carbocycles. The first-order chi connectivity index (χ1) is 6.90. The second kappa shape index (κ2) is 4.30. The van der Waals surface area contributed by atoms with Gasteiger partial charge in [0.15, 0.2) is 11.5 Å². The van der Waals surface area contributed by atoms with Crippen LogP contribution in [-0.2, 0) is 6.42 Å². The number of hydrazine groups is 1. The molecule has 0 atom stereocenters. The molecule has 0 spiro atoms. The monoisotopic (exact) mass is 194 g/mol. The van der Waals surface area contributed by atoms with Crippen LogP contribution >= 0.6 is 0 Å². The molecule has 0 saturated carbocycles. The van der Waals surface area contributed by atoms with E-state index in [0.29, 0.717) is 13.2 Å². The highest BCUT2D eigenvalue weighted by molar-refractivity contribution is 5.43. The van der Waals surface area contributed by atoms with E-state index in [4.69, 9.17) is 15.3 Å². The van der Waals surface area contributed by atoms with Gasteiger partial charge in [0, 0.05) is 6.54 Å². The Kier molecular flexibility index (Phi) is 2.86. The highest BCUT2D eigenvalue weighted by atomic mass is 16.6. The summed E-state index contributed by atoms with van der Waals surface area (Å²) in [7, 11) is 0. The van der Waals surface area contributed by atoms with Gasteiger partial charge in [-0.05, 0) is 24.1 Å². The summed E-state index contributed by atoms with van der Waals surface area (Å²) in [6.45, 7) is 2.03. The normalized spacial score (nSPS) is 14.1. The number of nitrogens with two attached hydrogens (primary N) is 1. The van der Waals surface area contributed by atoms with Crippen LogP contribution < -0.4 is 20.7 Å². The van der Waals surface area contributed by atoms with Gasteiger partial charge in [0.05, 0.1) is 0 Å². The summed E-state index contributed by atoms with van der Waals surface area (Å²) in [5, 5.41) is 0. The van der Waals surface area contributed by atoms with E-state index in [1.807, 2.05) is 18.2 Å². The maximum absolute atomic E-state index is 5.47. The van der Waals surface area contributed by atoms with Crippen LogP contribution in [0, 0.1) is 0 Å². The van der Waals surface area contributed by atoms with Crippen LogP contribution in [0.25, 0.3) is 0 Å². The molecule has 4 heteroatoms. The van der Waals surface area contributed by atoms with Crippen molar-refractivity contribution in [2.75, 3.05) is 19.8 Å². The van der Waals surface area contributed by atoms with E-state index < -0.39 is 0 Å². The molecule has 0 aromatic heterocycles. The van der Waals surface area contributed by atoms with Crippen LogP contribution in [0.15, 0.2) is 18.2 Å². The van der Waals surface area contributed by atoms with Gasteiger partial charge in [0.2, 0.25) is 0 Å². The number of hydrogen-bond donors (Lipinski definition) is 2. The minimum atomic E-state index is 0.631. The number of ether oxygens (including phenoxy) is 2. The second-order valence-corrected chi connectivity index (χ2v) is 3.18. The Bertz CT molecular complexity index is 315. The fraction of sp³-hybridized carbons (Fsp3) is 0.400. The predicted octanol–water partition coefficient (Wildman–Crippen LogP) is 0.464. The summed E-state index contributed by atoms with van der Waals surface area (Å²) < 4.78 is 10.9. The topological polar surface area (TPSA) is 56.5 Å². The predicted molar refractivity (Wildman–Crippen MR) is 53.3 cm³/mol. The van der Waals surface area contributed by atoms with Gasteiger partial charge < -0.3 is 9.47 Å². The van der Waals surface area contributed by atoms with E-state index in [1.165, 1.54) is 5.56 Å². The Hall–Kier alpha value is -1.26. The van der Waals surface area contributed by atoms with Gasteiger partial charge in [-0.3, -0.25) is 11.3 Å². The fourth-order valence-electron chi connectivity index (χ4n) is 1.46. The first-order valence-corrected chi connectivity index (χ1v) is 4.72. The molecule has 0 amide bonds. The van der Waals surface area contributed by atoms with Crippen molar-refractivity contribution in [2.45, 2.75) is 6.42 Å². The number of benzene rings is 1. The summed E-state index contributed by atoms with van der Waals surface area (Å²) in [5.74, 6) is 6.88. The lowest BCUT2D eigenvalue weighted by Crippen LogP contribution is -2.24. The minimum absolute atomic E-state index is 0.631. The first-order valence-electron chi connectivity index (χ1n) is 4.72. The standard InChI is InChI=1S/C10H14N2O2/c11-12-4-3-8-1-2-9-10(7-8)14-6-5-13-9/h1-2,7,12H,3-6,11H2. The summed E-state index contributed by atoms with van der Waals surface area (Å²) in [5.41, 5.74) is 3.83. The quantitative estimate of drug-likeness (QED) is 0.542. The summed E-state index contributed by atoms with van der Waals surface area (Å²) in [6, 6.07) is 5.98.